The lowest BCUT2D eigenvalue weighted by atomic mass is 10.1. The van der Waals surface area contributed by atoms with E-state index >= 15 is 0 Å². The van der Waals surface area contributed by atoms with Gasteiger partial charge in [0.15, 0.2) is 5.49 Å². The maximum Gasteiger partial charge on any atom is 0.416 e. The van der Waals surface area contributed by atoms with Gasteiger partial charge in [-0.2, -0.15) is 18.2 Å². The molecule has 3 aromatic heterocycles. The molecule has 1 amide bonds. The van der Waals surface area contributed by atoms with Crippen molar-refractivity contribution >= 4 is 28.6 Å². The first-order valence-corrected chi connectivity index (χ1v) is 11.0. The Balaban J connectivity index is 2.09. The van der Waals surface area contributed by atoms with Gasteiger partial charge in [0, 0.05) is 17.8 Å². The molecule has 0 fully saturated rings. The molecule has 36 heavy (non-hydrogen) atoms. The molecule has 186 valence electrons. The van der Waals surface area contributed by atoms with Gasteiger partial charge in [-0.15, -0.1) is 0 Å². The number of pyridine rings is 2. The maximum atomic E-state index is 13.2. The minimum atomic E-state index is -4.65. The first-order chi connectivity index (χ1) is 17.0. The standard InChI is InChI=1S/C25H21F3N4O4/c1-4-36-24(35)18-13-17-20(29-19-10-5-6-11-31(19)23(17)34)32(14(2)3)21(18)30-22(33)15-8-7-9-16(12-15)25(26,27)28/h5-14H,4H2,1-3H3. The van der Waals surface area contributed by atoms with E-state index in [1.807, 2.05) is 0 Å². The zero-order valence-electron chi connectivity index (χ0n) is 19.5. The van der Waals surface area contributed by atoms with Crippen LogP contribution in [0.3, 0.4) is 0 Å². The van der Waals surface area contributed by atoms with Gasteiger partial charge in [-0.05, 0) is 57.2 Å². The van der Waals surface area contributed by atoms with Gasteiger partial charge in [0.25, 0.3) is 11.5 Å². The lowest BCUT2D eigenvalue weighted by Crippen LogP contribution is -2.33. The molecule has 0 radical (unpaired) electrons. The highest BCUT2D eigenvalue weighted by Gasteiger charge is 2.31. The van der Waals surface area contributed by atoms with Crippen molar-refractivity contribution in [2.75, 3.05) is 6.61 Å². The number of fused-ring (bicyclic) bond motifs is 2. The molecule has 0 saturated carbocycles. The van der Waals surface area contributed by atoms with Crippen LogP contribution < -0.4 is 11.0 Å². The number of amides is 1. The van der Waals surface area contributed by atoms with Crippen molar-refractivity contribution in [1.29, 1.82) is 0 Å². The first kappa shape index (κ1) is 24.8. The average Bonchev–Trinajstić information content (AvgIpc) is 2.83. The van der Waals surface area contributed by atoms with Gasteiger partial charge in [-0.3, -0.25) is 14.0 Å². The highest BCUT2D eigenvalue weighted by molar-refractivity contribution is 5.97. The van der Waals surface area contributed by atoms with E-state index in [0.29, 0.717) is 11.7 Å². The summed E-state index contributed by atoms with van der Waals surface area (Å²) in [4.78, 5) is 47.7. The highest BCUT2D eigenvalue weighted by Crippen LogP contribution is 2.29. The van der Waals surface area contributed by atoms with Crippen molar-refractivity contribution < 1.29 is 27.5 Å². The number of halogens is 3. The summed E-state index contributed by atoms with van der Waals surface area (Å²) in [7, 11) is 0. The third-order valence-electron chi connectivity index (χ3n) is 5.39. The molecule has 4 aromatic rings. The number of alkyl halides is 3. The molecular formula is C25H21F3N4O4. The lowest BCUT2D eigenvalue weighted by Gasteiger charge is -2.17. The van der Waals surface area contributed by atoms with Gasteiger partial charge >= 0.3 is 12.1 Å². The minimum Gasteiger partial charge on any atom is -0.462 e. The quantitative estimate of drug-likeness (QED) is 0.311. The third-order valence-corrected chi connectivity index (χ3v) is 5.39. The zero-order chi connectivity index (χ0) is 26.2. The fourth-order valence-electron chi connectivity index (χ4n) is 3.79. The Morgan fingerprint density at radius 2 is 1.86 bits per heavy atom. The largest absolute Gasteiger partial charge is 0.462 e. The smallest absolute Gasteiger partial charge is 0.416 e. The molecule has 0 N–H and O–H groups in total. The summed E-state index contributed by atoms with van der Waals surface area (Å²) in [5.74, 6) is -1.85. The Morgan fingerprint density at radius 1 is 1.11 bits per heavy atom. The Bertz CT molecular complexity index is 1630. The number of aromatic nitrogens is 3. The van der Waals surface area contributed by atoms with Crippen molar-refractivity contribution in [3.63, 3.8) is 0 Å². The molecule has 4 rings (SSSR count). The molecule has 0 spiro atoms. The molecule has 1 aromatic carbocycles. The van der Waals surface area contributed by atoms with Crippen molar-refractivity contribution in [3.05, 3.63) is 87.3 Å². The normalized spacial score (nSPS) is 12.5. The van der Waals surface area contributed by atoms with Crippen LogP contribution in [0.15, 0.2) is 64.5 Å². The average molecular weight is 498 g/mol. The summed E-state index contributed by atoms with van der Waals surface area (Å²) in [6.07, 6.45) is -3.12. The van der Waals surface area contributed by atoms with Crippen LogP contribution in [-0.4, -0.2) is 32.4 Å². The third kappa shape index (κ3) is 4.51. The van der Waals surface area contributed by atoms with Gasteiger partial charge in [0.2, 0.25) is 0 Å². The molecule has 0 aliphatic carbocycles. The van der Waals surface area contributed by atoms with Gasteiger partial charge in [-0.1, -0.05) is 12.1 Å². The second-order valence-electron chi connectivity index (χ2n) is 8.14. The van der Waals surface area contributed by atoms with E-state index in [1.54, 1.807) is 39.0 Å². The first-order valence-electron chi connectivity index (χ1n) is 11.0. The summed E-state index contributed by atoms with van der Waals surface area (Å²) >= 11 is 0. The number of benzene rings is 1. The number of hydrogen-bond donors (Lipinski definition) is 0. The van der Waals surface area contributed by atoms with Crippen LogP contribution in [0.1, 0.15) is 53.1 Å². The van der Waals surface area contributed by atoms with Crippen LogP contribution in [0.25, 0.3) is 16.7 Å². The molecule has 0 atom stereocenters. The summed E-state index contributed by atoms with van der Waals surface area (Å²) in [5.41, 5.74) is -1.66. The lowest BCUT2D eigenvalue weighted by molar-refractivity contribution is -0.137. The van der Waals surface area contributed by atoms with Gasteiger partial charge in [-0.25, -0.2) is 9.78 Å². The Kier molecular flexibility index (Phi) is 6.49. The predicted molar refractivity (Wildman–Crippen MR) is 125 cm³/mol. The Morgan fingerprint density at radius 3 is 2.53 bits per heavy atom. The van der Waals surface area contributed by atoms with E-state index < -0.39 is 35.2 Å². The van der Waals surface area contributed by atoms with Crippen LogP contribution in [0.4, 0.5) is 13.2 Å². The topological polar surface area (TPSA) is 95.0 Å². The number of carbonyl (C=O) groups is 2. The Hall–Kier alpha value is -4.28. The molecule has 11 heteroatoms. The molecule has 8 nitrogen and oxygen atoms in total. The van der Waals surface area contributed by atoms with Crippen LogP contribution in [-0.2, 0) is 10.9 Å². The van der Waals surface area contributed by atoms with E-state index in [-0.39, 0.29) is 34.3 Å². The fraction of sp³-hybridized carbons (Fsp3) is 0.240. The highest BCUT2D eigenvalue weighted by atomic mass is 19.4. The van der Waals surface area contributed by atoms with Gasteiger partial charge in [0.1, 0.15) is 16.9 Å². The van der Waals surface area contributed by atoms with E-state index in [9.17, 15) is 27.6 Å². The summed E-state index contributed by atoms with van der Waals surface area (Å²) in [5, 5.41) is 0.0842. The number of esters is 1. The molecule has 0 bridgehead atoms. The van der Waals surface area contributed by atoms with Crippen LogP contribution in [0.5, 0.6) is 0 Å². The number of carbonyl (C=O) groups excluding carboxylic acids is 2. The second kappa shape index (κ2) is 9.40. The summed E-state index contributed by atoms with van der Waals surface area (Å²) < 4.78 is 47.4. The minimum absolute atomic E-state index is 0.00845. The molecule has 0 aliphatic heterocycles. The Labute approximate surface area is 202 Å². The number of ether oxygens (including phenoxy) is 1. The van der Waals surface area contributed by atoms with E-state index in [4.69, 9.17) is 4.74 Å². The van der Waals surface area contributed by atoms with E-state index in [1.165, 1.54) is 27.3 Å². The fourth-order valence-corrected chi connectivity index (χ4v) is 3.79. The van der Waals surface area contributed by atoms with Crippen LogP contribution >= 0.6 is 0 Å². The van der Waals surface area contributed by atoms with Gasteiger partial charge in [0.05, 0.1) is 17.6 Å². The summed E-state index contributed by atoms with van der Waals surface area (Å²) in [6, 6.07) is 9.60. The van der Waals surface area contributed by atoms with Crippen molar-refractivity contribution in [1.82, 2.24) is 14.0 Å². The van der Waals surface area contributed by atoms with Crippen molar-refractivity contribution in [2.24, 2.45) is 4.99 Å². The second-order valence-corrected chi connectivity index (χ2v) is 8.14. The molecule has 0 saturated heterocycles. The SMILES string of the molecule is CCOC(=O)c1cc2c(=O)n3ccccc3nc2n(C(C)C)c1=NC(=O)c1cccc(C(F)(F)F)c1. The van der Waals surface area contributed by atoms with Crippen molar-refractivity contribution in [2.45, 2.75) is 33.0 Å². The predicted octanol–water partition coefficient (Wildman–Crippen LogP) is 4.17. The van der Waals surface area contributed by atoms with Crippen molar-refractivity contribution in [3.8, 4) is 0 Å². The number of rotatable bonds is 4. The monoisotopic (exact) mass is 498 g/mol. The molecule has 0 unspecified atom stereocenters. The molecule has 3 heterocycles. The van der Waals surface area contributed by atoms with Crippen LogP contribution in [0, 0.1) is 0 Å². The van der Waals surface area contributed by atoms with E-state index in [0.717, 1.165) is 12.1 Å². The molecular weight excluding hydrogens is 477 g/mol. The summed E-state index contributed by atoms with van der Waals surface area (Å²) in [6.45, 7) is 5.06. The maximum absolute atomic E-state index is 13.2. The zero-order valence-corrected chi connectivity index (χ0v) is 19.5. The molecule has 0 aliphatic rings. The number of hydrogen-bond acceptors (Lipinski definition) is 5. The van der Waals surface area contributed by atoms with Gasteiger partial charge < -0.3 is 9.30 Å². The number of nitrogens with zero attached hydrogens (tertiary/aromatic N) is 4. The van der Waals surface area contributed by atoms with E-state index in [2.05, 4.69) is 9.98 Å². The van der Waals surface area contributed by atoms with Crippen LogP contribution in [0.2, 0.25) is 0 Å².